The maximum absolute atomic E-state index is 4.06. The Balaban J connectivity index is 0.000000195. The molecule has 0 saturated carbocycles. The van der Waals surface area contributed by atoms with Gasteiger partial charge in [-0.15, -0.1) is 15.3 Å². The van der Waals surface area contributed by atoms with Crippen molar-refractivity contribution in [3.63, 3.8) is 0 Å². The van der Waals surface area contributed by atoms with E-state index in [1.165, 1.54) is 0 Å². The van der Waals surface area contributed by atoms with Crippen LogP contribution in [0, 0.1) is 0 Å². The van der Waals surface area contributed by atoms with Crippen LogP contribution in [0.5, 0.6) is 0 Å². The molecule has 144 valence electrons. The number of tetrazole rings is 3. The van der Waals surface area contributed by atoms with E-state index in [-0.39, 0.29) is 0 Å². The summed E-state index contributed by atoms with van der Waals surface area (Å²) in [6.45, 7) is 12.3. The first-order valence-electron chi connectivity index (χ1n) is 8.46. The topological polar surface area (TPSA) is 144 Å². The molecule has 2 N–H and O–H groups in total. The van der Waals surface area contributed by atoms with Gasteiger partial charge in [0.15, 0.2) is 11.6 Å². The lowest BCUT2D eigenvalue weighted by Crippen LogP contribution is -2.33. The molecule has 3 heterocycles. The van der Waals surface area contributed by atoms with Gasteiger partial charge in [0.1, 0.15) is 7.05 Å². The third-order valence-electron chi connectivity index (χ3n) is 3.13. The summed E-state index contributed by atoms with van der Waals surface area (Å²) < 4.78 is 1.69. The van der Waals surface area contributed by atoms with Gasteiger partial charge in [-0.2, -0.15) is 5.21 Å². The Hall–Kier alpha value is -2.79. The minimum Gasteiger partial charge on any atom is -0.232 e. The number of nitrogens with one attached hydrogen (secondary N) is 2. The van der Waals surface area contributed by atoms with Crippen LogP contribution in [0.1, 0.15) is 76.8 Å². The normalized spacial score (nSPS) is 10.6. The van der Waals surface area contributed by atoms with Gasteiger partial charge in [-0.25, -0.2) is 4.68 Å². The summed E-state index contributed by atoms with van der Waals surface area (Å²) in [7, 11) is 3.66. The quantitative estimate of drug-likeness (QED) is 0.635. The van der Waals surface area contributed by atoms with E-state index in [0.717, 1.165) is 17.5 Å². The summed E-state index contributed by atoms with van der Waals surface area (Å²) in [5.41, 5.74) is 0. The predicted octanol–water partition coefficient (Wildman–Crippen LogP) is 0.409. The molecule has 0 aliphatic rings. The third-order valence-corrected chi connectivity index (χ3v) is 3.13. The van der Waals surface area contributed by atoms with Crippen LogP contribution >= 0.6 is 0 Å². The molecule has 3 aromatic rings. The van der Waals surface area contributed by atoms with Gasteiger partial charge < -0.3 is 0 Å². The van der Waals surface area contributed by atoms with Crippen molar-refractivity contribution in [3.05, 3.63) is 17.5 Å². The molecule has 3 rings (SSSR count). The Kier molecular flexibility index (Phi) is 8.38. The van der Waals surface area contributed by atoms with E-state index >= 15 is 0 Å². The second kappa shape index (κ2) is 10.3. The van der Waals surface area contributed by atoms with Crippen LogP contribution in [0.15, 0.2) is 0 Å². The number of hydrogen-bond donors (Lipinski definition) is 2. The fourth-order valence-electron chi connectivity index (χ4n) is 1.71. The summed E-state index contributed by atoms with van der Waals surface area (Å²) in [5.74, 6) is 3.73. The van der Waals surface area contributed by atoms with E-state index in [4.69, 9.17) is 0 Å². The SMILES string of the molecule is CC(C)c1n[nH][n+](C)n1.CC(C)c1nn[nH]n1.CC(C)c1nnnn1C. The number of aromatic nitrogens is 12. The molecule has 0 aromatic carbocycles. The number of hydrogen-bond acceptors (Lipinski definition) is 8. The lowest BCUT2D eigenvalue weighted by Gasteiger charge is -1.98. The van der Waals surface area contributed by atoms with Gasteiger partial charge in [0.25, 0.3) is 0 Å². The van der Waals surface area contributed by atoms with Gasteiger partial charge in [0.05, 0.1) is 5.10 Å². The molecule has 0 aliphatic heterocycles. The van der Waals surface area contributed by atoms with Gasteiger partial charge in [0, 0.05) is 24.8 Å². The summed E-state index contributed by atoms with van der Waals surface area (Å²) in [4.78, 5) is 1.59. The zero-order valence-corrected chi connectivity index (χ0v) is 16.7. The zero-order valence-electron chi connectivity index (χ0n) is 16.7. The van der Waals surface area contributed by atoms with Crippen molar-refractivity contribution in [2.45, 2.75) is 59.3 Å². The molecule has 12 nitrogen and oxygen atoms in total. The van der Waals surface area contributed by atoms with Crippen molar-refractivity contribution < 1.29 is 4.80 Å². The van der Waals surface area contributed by atoms with Crippen molar-refractivity contribution >= 4 is 0 Å². The number of H-pyrrole nitrogens is 2. The van der Waals surface area contributed by atoms with Crippen molar-refractivity contribution in [1.82, 2.24) is 56.2 Å². The van der Waals surface area contributed by atoms with E-state index in [0.29, 0.717) is 17.8 Å². The molecule has 0 fully saturated rings. The first-order chi connectivity index (χ1) is 12.2. The molecule has 26 heavy (non-hydrogen) atoms. The molecule has 0 amide bonds. The fourth-order valence-corrected chi connectivity index (χ4v) is 1.71. The van der Waals surface area contributed by atoms with Crippen LogP contribution in [0.2, 0.25) is 0 Å². The molecule has 0 aliphatic carbocycles. The van der Waals surface area contributed by atoms with Gasteiger partial charge in [0.2, 0.25) is 0 Å². The van der Waals surface area contributed by atoms with Crippen molar-refractivity contribution in [2.75, 3.05) is 0 Å². The monoisotopic (exact) mass is 365 g/mol. The highest BCUT2D eigenvalue weighted by Gasteiger charge is 2.11. The molecule has 0 spiro atoms. The van der Waals surface area contributed by atoms with E-state index in [9.17, 15) is 0 Å². The second-order valence-electron chi connectivity index (χ2n) is 6.59. The molecule has 0 atom stereocenters. The lowest BCUT2D eigenvalue weighted by molar-refractivity contribution is -0.784. The third kappa shape index (κ3) is 6.99. The van der Waals surface area contributed by atoms with Crippen LogP contribution in [-0.4, -0.2) is 56.2 Å². The van der Waals surface area contributed by atoms with Gasteiger partial charge in [-0.1, -0.05) is 51.6 Å². The Labute approximate surface area is 152 Å². The van der Waals surface area contributed by atoms with E-state index in [2.05, 4.69) is 79.3 Å². The predicted molar refractivity (Wildman–Crippen MR) is 92.8 cm³/mol. The highest BCUT2D eigenvalue weighted by molar-refractivity contribution is 4.86. The fraction of sp³-hybridized carbons (Fsp3) is 0.786. The highest BCUT2D eigenvalue weighted by Crippen LogP contribution is 2.06. The van der Waals surface area contributed by atoms with Crippen molar-refractivity contribution in [3.8, 4) is 0 Å². The van der Waals surface area contributed by atoms with E-state index < -0.39 is 0 Å². The average Bonchev–Trinajstić information content (AvgIpc) is 3.28. The van der Waals surface area contributed by atoms with Crippen LogP contribution in [0.3, 0.4) is 0 Å². The smallest absolute Gasteiger partial charge is 0.232 e. The average molecular weight is 365 g/mol. The van der Waals surface area contributed by atoms with Crippen LogP contribution in [-0.2, 0) is 14.1 Å². The van der Waals surface area contributed by atoms with E-state index in [1.54, 1.807) is 9.48 Å². The molecule has 3 aromatic heterocycles. The zero-order chi connectivity index (χ0) is 19.7. The minimum atomic E-state index is 0.369. The molecular weight excluding hydrogens is 336 g/mol. The largest absolute Gasteiger partial charge is 0.310 e. The molecule has 0 bridgehead atoms. The van der Waals surface area contributed by atoms with Crippen LogP contribution in [0.4, 0.5) is 0 Å². The Bertz CT molecular complexity index is 725. The molecule has 0 radical (unpaired) electrons. The minimum absolute atomic E-state index is 0.369. The van der Waals surface area contributed by atoms with Crippen LogP contribution < -0.4 is 4.80 Å². The van der Waals surface area contributed by atoms with E-state index in [1.807, 2.05) is 27.9 Å². The van der Waals surface area contributed by atoms with Gasteiger partial charge in [-0.3, -0.25) is 0 Å². The molecule has 0 saturated heterocycles. The summed E-state index contributed by atoms with van der Waals surface area (Å²) in [5, 5.41) is 35.0. The Morgan fingerprint density at radius 2 is 1.54 bits per heavy atom. The maximum atomic E-state index is 4.06. The summed E-state index contributed by atoms with van der Waals surface area (Å²) >= 11 is 0. The number of aryl methyl sites for hydroxylation is 2. The Morgan fingerprint density at radius 1 is 0.885 bits per heavy atom. The first-order valence-corrected chi connectivity index (χ1v) is 8.46. The summed E-state index contributed by atoms with van der Waals surface area (Å²) in [6.07, 6.45) is 0. The van der Waals surface area contributed by atoms with Crippen molar-refractivity contribution in [2.24, 2.45) is 14.1 Å². The molecular formula is C14H29N12+. The second-order valence-corrected chi connectivity index (χ2v) is 6.59. The standard InChI is InChI=1S/2C5H10N4.C4H8N4/c1-4(2)5-6-7-8-9(5)3;1-4(2)5-6-8-9(3)7-5;1-3(2)4-5-7-8-6-4/h2*4H,1-3H3;3H,1-2H3,(H,5,6,7,8)/p+1. The maximum Gasteiger partial charge on any atom is 0.310 e. The molecule has 0 unspecified atom stereocenters. The first kappa shape index (κ1) is 21.3. The van der Waals surface area contributed by atoms with Crippen molar-refractivity contribution in [1.29, 1.82) is 0 Å². The van der Waals surface area contributed by atoms with Crippen LogP contribution in [0.25, 0.3) is 0 Å². The number of nitrogens with zero attached hydrogens (tertiary/aromatic N) is 10. The highest BCUT2D eigenvalue weighted by atomic mass is 15.6. The Morgan fingerprint density at radius 3 is 1.77 bits per heavy atom. The van der Waals surface area contributed by atoms with Gasteiger partial charge >= 0.3 is 5.82 Å². The van der Waals surface area contributed by atoms with Gasteiger partial charge in [-0.05, 0) is 20.7 Å². The lowest BCUT2D eigenvalue weighted by atomic mass is 10.2. The molecule has 12 heteroatoms. The summed E-state index contributed by atoms with van der Waals surface area (Å²) in [6, 6.07) is 0. The number of rotatable bonds is 3. The number of aromatic amines is 2.